The average Bonchev–Trinajstić information content (AvgIpc) is 3.03. The molecule has 0 atom stereocenters. The largest absolute Gasteiger partial charge is 0.448 e. The Bertz CT molecular complexity index is 906. The number of furan rings is 1. The Balaban J connectivity index is 1.63. The van der Waals surface area contributed by atoms with E-state index in [1.165, 1.54) is 11.3 Å². The standard InChI is InChI=1S/C15H13BrN4O2S/c1-2-5-20-9-7-12(16)22-11(9)6-10(20)13(21)17-15-19-18-14(23-15)8-3-4-8/h2,6-8H,1,3-5H2,(H,17,19,21). The number of carbonyl (C=O) groups is 1. The van der Waals surface area contributed by atoms with Gasteiger partial charge in [-0.15, -0.1) is 16.8 Å². The molecule has 1 aliphatic carbocycles. The number of nitrogens with one attached hydrogen (secondary N) is 1. The minimum Gasteiger partial charge on any atom is -0.448 e. The normalized spacial score (nSPS) is 14.3. The van der Waals surface area contributed by atoms with Crippen LogP contribution < -0.4 is 5.32 Å². The quantitative estimate of drug-likeness (QED) is 0.661. The van der Waals surface area contributed by atoms with Gasteiger partial charge in [0, 0.05) is 24.6 Å². The number of fused-ring (bicyclic) bond motifs is 1. The molecule has 0 saturated heterocycles. The van der Waals surface area contributed by atoms with Crippen molar-refractivity contribution in [2.75, 3.05) is 5.32 Å². The summed E-state index contributed by atoms with van der Waals surface area (Å²) in [4.78, 5) is 12.6. The number of aromatic nitrogens is 3. The van der Waals surface area contributed by atoms with Gasteiger partial charge in [-0.3, -0.25) is 10.1 Å². The number of hydrogen-bond donors (Lipinski definition) is 1. The molecule has 23 heavy (non-hydrogen) atoms. The van der Waals surface area contributed by atoms with Gasteiger partial charge in [0.1, 0.15) is 10.7 Å². The van der Waals surface area contributed by atoms with Crippen LogP contribution in [0.4, 0.5) is 5.13 Å². The molecule has 0 bridgehead atoms. The van der Waals surface area contributed by atoms with Crippen LogP contribution in [0.25, 0.3) is 11.1 Å². The predicted octanol–water partition coefficient (Wildman–Crippen LogP) is 4.16. The van der Waals surface area contributed by atoms with Crippen LogP contribution >= 0.6 is 27.3 Å². The van der Waals surface area contributed by atoms with E-state index < -0.39 is 0 Å². The van der Waals surface area contributed by atoms with Gasteiger partial charge in [-0.1, -0.05) is 17.4 Å². The Morgan fingerprint density at radius 3 is 3.09 bits per heavy atom. The lowest BCUT2D eigenvalue weighted by Gasteiger charge is -2.06. The van der Waals surface area contributed by atoms with Crippen LogP contribution in [0.5, 0.6) is 0 Å². The van der Waals surface area contributed by atoms with Crippen molar-refractivity contribution in [1.82, 2.24) is 14.8 Å². The Morgan fingerprint density at radius 1 is 1.52 bits per heavy atom. The van der Waals surface area contributed by atoms with Crippen LogP contribution in [-0.2, 0) is 6.54 Å². The number of anilines is 1. The second kappa shape index (κ2) is 5.61. The SMILES string of the molecule is C=CCn1c(C(=O)Nc2nnc(C3CC3)s2)cc2oc(Br)cc21. The average molecular weight is 393 g/mol. The monoisotopic (exact) mass is 392 g/mol. The fourth-order valence-electron chi connectivity index (χ4n) is 2.47. The van der Waals surface area contributed by atoms with Crippen molar-refractivity contribution in [3.63, 3.8) is 0 Å². The number of nitrogens with zero attached hydrogens (tertiary/aromatic N) is 3. The molecule has 1 amide bonds. The fourth-order valence-corrected chi connectivity index (χ4v) is 3.77. The van der Waals surface area contributed by atoms with E-state index in [1.54, 1.807) is 12.1 Å². The molecule has 6 nitrogen and oxygen atoms in total. The molecular weight excluding hydrogens is 380 g/mol. The van der Waals surface area contributed by atoms with Crippen LogP contribution in [-0.4, -0.2) is 20.7 Å². The van der Waals surface area contributed by atoms with Crippen LogP contribution in [0.1, 0.15) is 34.3 Å². The minimum atomic E-state index is -0.229. The Kier molecular flexibility index (Phi) is 3.57. The maximum atomic E-state index is 12.6. The third-order valence-corrected chi connectivity index (χ3v) is 5.08. The first-order valence-corrected chi connectivity index (χ1v) is 8.81. The van der Waals surface area contributed by atoms with Crippen LogP contribution in [0.15, 0.2) is 33.9 Å². The third-order valence-electron chi connectivity index (χ3n) is 3.69. The minimum absolute atomic E-state index is 0.229. The molecule has 0 spiro atoms. The first kappa shape index (κ1) is 14.6. The van der Waals surface area contributed by atoms with Crippen molar-refractivity contribution in [2.24, 2.45) is 0 Å². The van der Waals surface area contributed by atoms with E-state index in [0.29, 0.717) is 33.5 Å². The Morgan fingerprint density at radius 2 is 2.35 bits per heavy atom. The molecule has 1 aliphatic rings. The highest BCUT2D eigenvalue weighted by Gasteiger charge is 2.28. The number of halogens is 1. The molecule has 4 rings (SSSR count). The molecule has 0 radical (unpaired) electrons. The molecule has 1 N–H and O–H groups in total. The lowest BCUT2D eigenvalue weighted by atomic mass is 10.4. The van der Waals surface area contributed by atoms with Gasteiger partial charge < -0.3 is 8.98 Å². The summed E-state index contributed by atoms with van der Waals surface area (Å²) in [5.74, 6) is 0.301. The summed E-state index contributed by atoms with van der Waals surface area (Å²) in [5, 5.41) is 12.5. The van der Waals surface area contributed by atoms with Gasteiger partial charge in [-0.25, -0.2) is 0 Å². The molecule has 1 saturated carbocycles. The smallest absolute Gasteiger partial charge is 0.274 e. The van der Waals surface area contributed by atoms with E-state index in [2.05, 4.69) is 38.0 Å². The Hall–Kier alpha value is -1.93. The molecule has 3 aromatic heterocycles. The van der Waals surface area contributed by atoms with Gasteiger partial charge in [0.05, 0.1) is 5.52 Å². The zero-order valence-electron chi connectivity index (χ0n) is 12.1. The number of rotatable bonds is 5. The van der Waals surface area contributed by atoms with Crippen molar-refractivity contribution in [3.8, 4) is 0 Å². The summed E-state index contributed by atoms with van der Waals surface area (Å²) in [5.41, 5.74) is 2.01. The summed E-state index contributed by atoms with van der Waals surface area (Å²) >= 11 is 4.75. The lowest BCUT2D eigenvalue weighted by molar-refractivity contribution is 0.101. The highest BCUT2D eigenvalue weighted by atomic mass is 79.9. The fraction of sp³-hybridized carbons (Fsp3) is 0.267. The molecule has 0 aliphatic heterocycles. The summed E-state index contributed by atoms with van der Waals surface area (Å²) in [7, 11) is 0. The number of carbonyl (C=O) groups excluding carboxylic acids is 1. The first-order chi connectivity index (χ1) is 11.2. The van der Waals surface area contributed by atoms with Gasteiger partial charge in [0.25, 0.3) is 5.91 Å². The summed E-state index contributed by atoms with van der Waals surface area (Å²) < 4.78 is 8.02. The Labute approximate surface area is 144 Å². The lowest BCUT2D eigenvalue weighted by Crippen LogP contribution is -2.16. The van der Waals surface area contributed by atoms with E-state index in [4.69, 9.17) is 4.42 Å². The molecule has 8 heteroatoms. The van der Waals surface area contributed by atoms with E-state index >= 15 is 0 Å². The molecular formula is C15H13BrN4O2S. The summed E-state index contributed by atoms with van der Waals surface area (Å²) in [6.07, 6.45) is 4.07. The predicted molar refractivity (Wildman–Crippen MR) is 91.9 cm³/mol. The number of allylic oxidation sites excluding steroid dienone is 1. The second-order valence-corrected chi connectivity index (χ2v) is 7.19. The number of hydrogen-bond acceptors (Lipinski definition) is 5. The van der Waals surface area contributed by atoms with Crippen molar-refractivity contribution < 1.29 is 9.21 Å². The topological polar surface area (TPSA) is 73.0 Å². The molecule has 118 valence electrons. The highest BCUT2D eigenvalue weighted by Crippen LogP contribution is 2.42. The van der Waals surface area contributed by atoms with Gasteiger partial charge >= 0.3 is 0 Å². The number of amides is 1. The van der Waals surface area contributed by atoms with E-state index in [0.717, 1.165) is 23.4 Å². The van der Waals surface area contributed by atoms with Gasteiger partial charge in [-0.2, -0.15) is 0 Å². The van der Waals surface area contributed by atoms with Crippen molar-refractivity contribution >= 4 is 49.4 Å². The van der Waals surface area contributed by atoms with Crippen LogP contribution in [0, 0.1) is 0 Å². The first-order valence-electron chi connectivity index (χ1n) is 7.20. The molecule has 3 heterocycles. The van der Waals surface area contributed by atoms with Crippen molar-refractivity contribution in [1.29, 1.82) is 0 Å². The van der Waals surface area contributed by atoms with Gasteiger partial charge in [0.2, 0.25) is 5.13 Å². The van der Waals surface area contributed by atoms with E-state index in [9.17, 15) is 4.79 Å². The molecule has 0 aromatic carbocycles. The van der Waals surface area contributed by atoms with Crippen LogP contribution in [0.3, 0.4) is 0 Å². The van der Waals surface area contributed by atoms with E-state index in [-0.39, 0.29) is 5.91 Å². The zero-order valence-corrected chi connectivity index (χ0v) is 14.5. The molecule has 0 unspecified atom stereocenters. The van der Waals surface area contributed by atoms with Crippen molar-refractivity contribution in [3.05, 3.63) is 40.2 Å². The van der Waals surface area contributed by atoms with Gasteiger partial charge in [-0.05, 0) is 28.8 Å². The summed E-state index contributed by atoms with van der Waals surface area (Å²) in [6, 6.07) is 3.56. The molecule has 3 aromatic rings. The molecule has 1 fully saturated rings. The zero-order chi connectivity index (χ0) is 16.0. The second-order valence-electron chi connectivity index (χ2n) is 5.40. The van der Waals surface area contributed by atoms with Gasteiger partial charge in [0.15, 0.2) is 10.3 Å². The van der Waals surface area contributed by atoms with Crippen molar-refractivity contribution in [2.45, 2.75) is 25.3 Å². The third kappa shape index (κ3) is 2.72. The maximum Gasteiger partial charge on any atom is 0.274 e. The highest BCUT2D eigenvalue weighted by molar-refractivity contribution is 9.10. The maximum absolute atomic E-state index is 12.6. The van der Waals surface area contributed by atoms with Crippen LogP contribution in [0.2, 0.25) is 0 Å². The summed E-state index contributed by atoms with van der Waals surface area (Å²) in [6.45, 7) is 4.26. The van der Waals surface area contributed by atoms with E-state index in [1.807, 2.05) is 10.6 Å².